The Morgan fingerprint density at radius 1 is 1.44 bits per heavy atom. The largest absolute Gasteiger partial charge is 0.465 e. The molecule has 0 aliphatic heterocycles. The van der Waals surface area contributed by atoms with Crippen LogP contribution in [-0.2, 0) is 16.0 Å². The minimum absolute atomic E-state index is 0.333. The average molecular weight is 253 g/mol. The molecule has 1 atom stereocenters. The predicted molar refractivity (Wildman–Crippen MR) is 70.0 cm³/mol. The maximum Gasteiger partial charge on any atom is 0.323 e. The van der Waals surface area contributed by atoms with E-state index in [2.05, 4.69) is 16.9 Å². The van der Waals surface area contributed by atoms with Crippen molar-refractivity contribution in [1.82, 2.24) is 9.97 Å². The Bertz CT molecular complexity index is 325. The first-order valence-electron chi connectivity index (χ1n) is 6.63. The Morgan fingerprint density at radius 2 is 2.22 bits per heavy atom. The SMILES string of the molecule is CCCCCCCOC(=O)C(N)Cc1cnc[nH]1. The van der Waals surface area contributed by atoms with E-state index in [4.69, 9.17) is 10.5 Å². The molecule has 1 aromatic heterocycles. The van der Waals surface area contributed by atoms with Crippen LogP contribution in [0.25, 0.3) is 0 Å². The second-order valence-electron chi connectivity index (χ2n) is 4.47. The van der Waals surface area contributed by atoms with Crippen molar-refractivity contribution in [2.45, 2.75) is 51.5 Å². The van der Waals surface area contributed by atoms with Gasteiger partial charge in [0.25, 0.3) is 0 Å². The first-order valence-corrected chi connectivity index (χ1v) is 6.63. The molecule has 1 unspecified atom stereocenters. The summed E-state index contributed by atoms with van der Waals surface area (Å²) in [5, 5.41) is 0. The highest BCUT2D eigenvalue weighted by Gasteiger charge is 2.15. The summed E-state index contributed by atoms with van der Waals surface area (Å²) in [7, 11) is 0. The monoisotopic (exact) mass is 253 g/mol. The van der Waals surface area contributed by atoms with Gasteiger partial charge in [-0.25, -0.2) is 4.98 Å². The number of unbranched alkanes of at least 4 members (excludes halogenated alkanes) is 4. The highest BCUT2D eigenvalue weighted by Crippen LogP contribution is 2.03. The quantitative estimate of drug-likeness (QED) is 0.519. The topological polar surface area (TPSA) is 81.0 Å². The van der Waals surface area contributed by atoms with Gasteiger partial charge in [-0.1, -0.05) is 32.6 Å². The van der Waals surface area contributed by atoms with Crippen LogP contribution >= 0.6 is 0 Å². The lowest BCUT2D eigenvalue weighted by Gasteiger charge is -2.10. The molecule has 0 saturated heterocycles. The molecule has 102 valence electrons. The second-order valence-corrected chi connectivity index (χ2v) is 4.47. The molecule has 0 saturated carbocycles. The minimum atomic E-state index is -0.610. The molecule has 0 aromatic carbocycles. The molecular weight excluding hydrogens is 230 g/mol. The maximum absolute atomic E-state index is 11.6. The molecule has 0 fully saturated rings. The number of imidazole rings is 1. The molecule has 1 aromatic rings. The van der Waals surface area contributed by atoms with Gasteiger partial charge < -0.3 is 15.5 Å². The van der Waals surface area contributed by atoms with Crippen LogP contribution in [0.15, 0.2) is 12.5 Å². The summed E-state index contributed by atoms with van der Waals surface area (Å²) in [6.45, 7) is 2.65. The molecule has 0 amide bonds. The molecule has 0 aliphatic rings. The van der Waals surface area contributed by atoms with E-state index in [1.54, 1.807) is 12.5 Å². The normalized spacial score (nSPS) is 12.3. The van der Waals surface area contributed by atoms with Gasteiger partial charge in [0.1, 0.15) is 6.04 Å². The summed E-state index contributed by atoms with van der Waals surface area (Å²) in [6.07, 6.45) is 9.36. The van der Waals surface area contributed by atoms with E-state index in [1.807, 2.05) is 0 Å². The summed E-state index contributed by atoms with van der Waals surface area (Å²) in [5.74, 6) is -0.333. The number of nitrogens with two attached hydrogens (primary N) is 1. The zero-order valence-electron chi connectivity index (χ0n) is 11.0. The van der Waals surface area contributed by atoms with Crippen molar-refractivity contribution in [2.24, 2.45) is 5.73 Å². The smallest absolute Gasteiger partial charge is 0.323 e. The molecule has 18 heavy (non-hydrogen) atoms. The van der Waals surface area contributed by atoms with Gasteiger partial charge in [0, 0.05) is 18.3 Å². The molecule has 1 heterocycles. The van der Waals surface area contributed by atoms with E-state index >= 15 is 0 Å². The lowest BCUT2D eigenvalue weighted by molar-refractivity contribution is -0.145. The number of hydrogen-bond donors (Lipinski definition) is 2. The van der Waals surface area contributed by atoms with Crippen molar-refractivity contribution in [2.75, 3.05) is 6.61 Å². The number of hydrogen-bond acceptors (Lipinski definition) is 4. The number of carbonyl (C=O) groups excluding carboxylic acids is 1. The molecule has 3 N–H and O–H groups in total. The Kier molecular flexibility index (Phi) is 7.10. The van der Waals surface area contributed by atoms with Crippen LogP contribution < -0.4 is 5.73 Å². The van der Waals surface area contributed by atoms with E-state index in [1.165, 1.54) is 19.3 Å². The number of nitrogens with zero attached hydrogens (tertiary/aromatic N) is 1. The van der Waals surface area contributed by atoms with Gasteiger partial charge in [0.2, 0.25) is 0 Å². The number of esters is 1. The number of ether oxygens (including phenoxy) is 1. The van der Waals surface area contributed by atoms with Gasteiger partial charge in [-0.3, -0.25) is 4.79 Å². The van der Waals surface area contributed by atoms with E-state index in [0.717, 1.165) is 18.5 Å². The van der Waals surface area contributed by atoms with E-state index in [-0.39, 0.29) is 5.97 Å². The third-order valence-electron chi connectivity index (χ3n) is 2.79. The number of H-pyrrole nitrogens is 1. The molecule has 0 radical (unpaired) electrons. The highest BCUT2D eigenvalue weighted by molar-refractivity contribution is 5.75. The predicted octanol–water partition coefficient (Wildman–Crippen LogP) is 1.79. The average Bonchev–Trinajstić information content (AvgIpc) is 2.86. The van der Waals surface area contributed by atoms with Crippen LogP contribution in [0, 0.1) is 0 Å². The summed E-state index contributed by atoms with van der Waals surface area (Å²) < 4.78 is 5.13. The van der Waals surface area contributed by atoms with E-state index in [0.29, 0.717) is 13.0 Å². The fraction of sp³-hybridized carbons (Fsp3) is 0.692. The lowest BCUT2D eigenvalue weighted by Crippen LogP contribution is -2.34. The van der Waals surface area contributed by atoms with E-state index < -0.39 is 6.04 Å². The van der Waals surface area contributed by atoms with Gasteiger partial charge in [0.15, 0.2) is 0 Å². The Morgan fingerprint density at radius 3 is 2.89 bits per heavy atom. The number of nitrogens with one attached hydrogen (secondary N) is 1. The van der Waals surface area contributed by atoms with Gasteiger partial charge in [0.05, 0.1) is 12.9 Å². The number of rotatable bonds is 9. The maximum atomic E-state index is 11.6. The lowest BCUT2D eigenvalue weighted by atomic mass is 10.1. The van der Waals surface area contributed by atoms with Crippen LogP contribution in [-0.4, -0.2) is 28.6 Å². The van der Waals surface area contributed by atoms with Crippen molar-refractivity contribution in [1.29, 1.82) is 0 Å². The Hall–Kier alpha value is -1.36. The van der Waals surface area contributed by atoms with Crippen molar-refractivity contribution in [3.63, 3.8) is 0 Å². The molecule has 5 nitrogen and oxygen atoms in total. The highest BCUT2D eigenvalue weighted by atomic mass is 16.5. The van der Waals surface area contributed by atoms with Gasteiger partial charge in [-0.2, -0.15) is 0 Å². The second kappa shape index (κ2) is 8.69. The number of aromatic amines is 1. The molecule has 0 spiro atoms. The fourth-order valence-corrected chi connectivity index (χ4v) is 1.70. The first kappa shape index (κ1) is 14.7. The summed E-state index contributed by atoms with van der Waals surface area (Å²) in [6, 6.07) is -0.610. The van der Waals surface area contributed by atoms with Crippen molar-refractivity contribution in [3.8, 4) is 0 Å². The molecule has 1 rings (SSSR count). The zero-order valence-corrected chi connectivity index (χ0v) is 11.0. The number of aromatic nitrogens is 2. The Balaban J connectivity index is 2.08. The molecule has 0 bridgehead atoms. The number of carbonyl (C=O) groups is 1. The Labute approximate surface area is 108 Å². The van der Waals surface area contributed by atoms with Crippen LogP contribution in [0.3, 0.4) is 0 Å². The summed E-state index contributed by atoms with van der Waals surface area (Å²) in [4.78, 5) is 18.4. The van der Waals surface area contributed by atoms with Crippen LogP contribution in [0.1, 0.15) is 44.7 Å². The standard InChI is InChI=1S/C13H23N3O2/c1-2-3-4-5-6-7-18-13(17)12(14)8-11-9-15-10-16-11/h9-10,12H,2-8,14H2,1H3,(H,15,16). The third-order valence-corrected chi connectivity index (χ3v) is 2.79. The molecular formula is C13H23N3O2. The first-order chi connectivity index (χ1) is 8.74. The van der Waals surface area contributed by atoms with Crippen molar-refractivity contribution in [3.05, 3.63) is 18.2 Å². The summed E-state index contributed by atoms with van der Waals surface area (Å²) >= 11 is 0. The molecule has 5 heteroatoms. The van der Waals surface area contributed by atoms with Gasteiger partial charge >= 0.3 is 5.97 Å². The van der Waals surface area contributed by atoms with Crippen LogP contribution in [0.5, 0.6) is 0 Å². The summed E-state index contributed by atoms with van der Waals surface area (Å²) in [5.41, 5.74) is 6.60. The van der Waals surface area contributed by atoms with Crippen molar-refractivity contribution < 1.29 is 9.53 Å². The van der Waals surface area contributed by atoms with Crippen LogP contribution in [0.2, 0.25) is 0 Å². The zero-order chi connectivity index (χ0) is 13.2. The minimum Gasteiger partial charge on any atom is -0.465 e. The molecule has 0 aliphatic carbocycles. The van der Waals surface area contributed by atoms with Gasteiger partial charge in [-0.15, -0.1) is 0 Å². The fourth-order valence-electron chi connectivity index (χ4n) is 1.70. The van der Waals surface area contributed by atoms with Gasteiger partial charge in [-0.05, 0) is 6.42 Å². The third kappa shape index (κ3) is 5.82. The van der Waals surface area contributed by atoms with Crippen molar-refractivity contribution >= 4 is 5.97 Å². The van der Waals surface area contributed by atoms with Crippen LogP contribution in [0.4, 0.5) is 0 Å². The van der Waals surface area contributed by atoms with E-state index in [9.17, 15) is 4.79 Å².